The van der Waals surface area contributed by atoms with Crippen LogP contribution in [0.15, 0.2) is 12.1 Å². The van der Waals surface area contributed by atoms with Crippen molar-refractivity contribution in [1.29, 1.82) is 0 Å². The Labute approximate surface area is 116 Å². The van der Waals surface area contributed by atoms with Gasteiger partial charge in [-0.25, -0.2) is 4.98 Å². The zero-order valence-corrected chi connectivity index (χ0v) is 11.6. The van der Waals surface area contributed by atoms with Gasteiger partial charge in [0.25, 0.3) is 0 Å². The number of hydrogen-bond donors (Lipinski definition) is 0. The Morgan fingerprint density at radius 1 is 1.26 bits per heavy atom. The lowest BCUT2D eigenvalue weighted by Gasteiger charge is -2.19. The van der Waals surface area contributed by atoms with Crippen LogP contribution < -0.4 is 9.47 Å². The summed E-state index contributed by atoms with van der Waals surface area (Å²) >= 11 is 6.49. The maximum Gasteiger partial charge on any atom is 0.148 e. The van der Waals surface area contributed by atoms with Crippen molar-refractivity contribution in [1.82, 2.24) is 4.98 Å². The smallest absolute Gasteiger partial charge is 0.148 e. The van der Waals surface area contributed by atoms with E-state index in [0.29, 0.717) is 29.7 Å². The van der Waals surface area contributed by atoms with Gasteiger partial charge in [-0.1, -0.05) is 11.6 Å². The van der Waals surface area contributed by atoms with Crippen molar-refractivity contribution < 1.29 is 14.2 Å². The summed E-state index contributed by atoms with van der Waals surface area (Å²) < 4.78 is 16.1. The summed E-state index contributed by atoms with van der Waals surface area (Å²) in [7, 11) is 3.23. The third-order valence-electron chi connectivity index (χ3n) is 3.33. The molecular weight excluding hydrogens is 266 g/mol. The highest BCUT2D eigenvalue weighted by Gasteiger charge is 2.20. The maximum absolute atomic E-state index is 6.49. The number of methoxy groups -OCH3 is 2. The molecule has 0 fully saturated rings. The molecule has 1 aliphatic heterocycles. The molecule has 0 saturated heterocycles. The number of ether oxygens (including phenoxy) is 3. The predicted octanol–water partition coefficient (Wildman–Crippen LogP) is 2.98. The summed E-state index contributed by atoms with van der Waals surface area (Å²) in [6.45, 7) is 1.19. The highest BCUT2D eigenvalue weighted by molar-refractivity contribution is 6.36. The van der Waals surface area contributed by atoms with E-state index in [-0.39, 0.29) is 0 Å². The average Bonchev–Trinajstić information content (AvgIpc) is 2.47. The van der Waals surface area contributed by atoms with E-state index in [4.69, 9.17) is 25.8 Å². The molecule has 0 N–H and O–H groups in total. The molecule has 0 atom stereocenters. The molecule has 0 saturated carbocycles. The van der Waals surface area contributed by atoms with Crippen LogP contribution in [0.5, 0.6) is 11.5 Å². The molecule has 0 amide bonds. The summed E-state index contributed by atoms with van der Waals surface area (Å²) in [5, 5.41) is 1.51. The zero-order valence-electron chi connectivity index (χ0n) is 10.8. The van der Waals surface area contributed by atoms with E-state index in [1.165, 1.54) is 0 Å². The van der Waals surface area contributed by atoms with Gasteiger partial charge in [0.15, 0.2) is 0 Å². The van der Waals surface area contributed by atoms with Gasteiger partial charge in [0.05, 0.1) is 38.1 Å². The minimum absolute atomic E-state index is 0.511. The third-order valence-corrected chi connectivity index (χ3v) is 3.76. The van der Waals surface area contributed by atoms with Gasteiger partial charge in [0.2, 0.25) is 0 Å². The van der Waals surface area contributed by atoms with Crippen molar-refractivity contribution in [3.63, 3.8) is 0 Å². The molecule has 0 spiro atoms. The van der Waals surface area contributed by atoms with Crippen LogP contribution in [-0.4, -0.2) is 25.8 Å². The van der Waals surface area contributed by atoms with Crippen LogP contribution in [-0.2, 0) is 17.8 Å². The van der Waals surface area contributed by atoms with E-state index in [1.54, 1.807) is 14.2 Å². The largest absolute Gasteiger partial charge is 0.497 e. The first-order valence-corrected chi connectivity index (χ1v) is 6.43. The molecule has 0 bridgehead atoms. The van der Waals surface area contributed by atoms with E-state index in [1.807, 2.05) is 12.1 Å². The fourth-order valence-corrected chi connectivity index (χ4v) is 2.63. The van der Waals surface area contributed by atoms with E-state index in [0.717, 1.165) is 28.6 Å². The fraction of sp³-hybridized carbons (Fsp3) is 0.357. The summed E-state index contributed by atoms with van der Waals surface area (Å²) in [4.78, 5) is 4.68. The molecule has 5 heteroatoms. The number of halogens is 1. The summed E-state index contributed by atoms with van der Waals surface area (Å²) in [6.07, 6.45) is 0.778. The van der Waals surface area contributed by atoms with Crippen molar-refractivity contribution in [3.8, 4) is 11.5 Å². The number of aromatic nitrogens is 1. The minimum Gasteiger partial charge on any atom is -0.497 e. The number of rotatable bonds is 2. The van der Waals surface area contributed by atoms with Crippen molar-refractivity contribution in [3.05, 3.63) is 28.4 Å². The Morgan fingerprint density at radius 2 is 2.11 bits per heavy atom. The second kappa shape index (κ2) is 4.87. The van der Waals surface area contributed by atoms with Gasteiger partial charge in [-0.3, -0.25) is 0 Å². The molecule has 2 aromatic rings. The molecule has 0 radical (unpaired) electrons. The number of benzene rings is 1. The zero-order chi connectivity index (χ0) is 13.4. The van der Waals surface area contributed by atoms with Crippen molar-refractivity contribution in [2.45, 2.75) is 13.0 Å². The van der Waals surface area contributed by atoms with E-state index in [9.17, 15) is 0 Å². The van der Waals surface area contributed by atoms with Gasteiger partial charge in [-0.15, -0.1) is 0 Å². The lowest BCUT2D eigenvalue weighted by molar-refractivity contribution is 0.109. The van der Waals surface area contributed by atoms with Crippen LogP contribution in [0.1, 0.15) is 11.3 Å². The Kier molecular flexibility index (Phi) is 3.21. The number of pyridine rings is 1. The van der Waals surface area contributed by atoms with Gasteiger partial charge in [-0.05, 0) is 6.07 Å². The third kappa shape index (κ3) is 2.01. The molecule has 1 aromatic heterocycles. The number of hydrogen-bond acceptors (Lipinski definition) is 4. The predicted molar refractivity (Wildman–Crippen MR) is 73.2 cm³/mol. The van der Waals surface area contributed by atoms with Crippen LogP contribution in [0.4, 0.5) is 0 Å². The van der Waals surface area contributed by atoms with Crippen LogP contribution in [0, 0.1) is 0 Å². The molecule has 0 unspecified atom stereocenters. The van der Waals surface area contributed by atoms with Gasteiger partial charge in [0, 0.05) is 23.4 Å². The molecule has 3 rings (SSSR count). The summed E-state index contributed by atoms with van der Waals surface area (Å²) in [5.41, 5.74) is 2.73. The minimum atomic E-state index is 0.511. The van der Waals surface area contributed by atoms with E-state index in [2.05, 4.69) is 4.98 Å². The van der Waals surface area contributed by atoms with Crippen molar-refractivity contribution in [2.24, 2.45) is 0 Å². The van der Waals surface area contributed by atoms with E-state index >= 15 is 0 Å². The molecule has 100 valence electrons. The van der Waals surface area contributed by atoms with Crippen LogP contribution in [0.3, 0.4) is 0 Å². The van der Waals surface area contributed by atoms with E-state index < -0.39 is 0 Å². The van der Waals surface area contributed by atoms with Gasteiger partial charge in [-0.2, -0.15) is 0 Å². The Bertz CT molecular complexity index is 642. The average molecular weight is 280 g/mol. The number of fused-ring (bicyclic) bond motifs is 2. The molecule has 1 aromatic carbocycles. The molecule has 0 aliphatic carbocycles. The Hall–Kier alpha value is -1.52. The lowest BCUT2D eigenvalue weighted by Crippen LogP contribution is -2.12. The molecule has 1 aliphatic rings. The maximum atomic E-state index is 6.49. The summed E-state index contributed by atoms with van der Waals surface area (Å²) in [5.74, 6) is 1.37. The normalized spacial score (nSPS) is 14.3. The molecule has 19 heavy (non-hydrogen) atoms. The number of nitrogens with zero attached hydrogens (tertiary/aromatic N) is 1. The second-order valence-corrected chi connectivity index (χ2v) is 4.76. The van der Waals surface area contributed by atoms with Crippen molar-refractivity contribution >= 4 is 22.5 Å². The summed E-state index contributed by atoms with van der Waals surface area (Å²) in [6, 6.07) is 3.69. The highest BCUT2D eigenvalue weighted by atomic mass is 35.5. The fourth-order valence-electron chi connectivity index (χ4n) is 2.33. The van der Waals surface area contributed by atoms with Crippen molar-refractivity contribution in [2.75, 3.05) is 20.8 Å². The lowest BCUT2D eigenvalue weighted by atomic mass is 10.1. The molecular formula is C14H14ClNO3. The first-order valence-electron chi connectivity index (χ1n) is 6.05. The second-order valence-electron chi connectivity index (χ2n) is 4.38. The molecule has 4 nitrogen and oxygen atoms in total. The Morgan fingerprint density at radius 3 is 2.84 bits per heavy atom. The van der Waals surface area contributed by atoms with Gasteiger partial charge < -0.3 is 14.2 Å². The van der Waals surface area contributed by atoms with Crippen LogP contribution in [0.25, 0.3) is 10.9 Å². The SMILES string of the molecule is COc1cc(OC)c2nc3c(c(Cl)c2c1)COCC3. The first kappa shape index (κ1) is 12.5. The topological polar surface area (TPSA) is 40.6 Å². The Balaban J connectivity index is 2.34. The standard InChI is InChI=1S/C14H14ClNO3/c1-17-8-5-9-13(15)10-7-19-4-3-11(10)16-14(9)12(6-8)18-2/h5-6H,3-4,7H2,1-2H3. The van der Waals surface area contributed by atoms with Gasteiger partial charge >= 0.3 is 0 Å². The van der Waals surface area contributed by atoms with Crippen LogP contribution in [0.2, 0.25) is 5.02 Å². The van der Waals surface area contributed by atoms with Gasteiger partial charge in [0.1, 0.15) is 17.0 Å². The highest BCUT2D eigenvalue weighted by Crippen LogP contribution is 2.37. The molecule has 2 heterocycles. The van der Waals surface area contributed by atoms with Crippen LogP contribution >= 0.6 is 11.6 Å². The first-order chi connectivity index (χ1) is 9.24. The monoisotopic (exact) mass is 279 g/mol. The quantitative estimate of drug-likeness (QED) is 0.847.